The van der Waals surface area contributed by atoms with Crippen LogP contribution >= 0.6 is 0 Å². The van der Waals surface area contributed by atoms with Crippen LogP contribution in [0.2, 0.25) is 0 Å². The molecule has 2 aromatic rings. The lowest BCUT2D eigenvalue weighted by Gasteiger charge is -2.27. The lowest BCUT2D eigenvalue weighted by molar-refractivity contribution is 0.558. The highest BCUT2D eigenvalue weighted by Gasteiger charge is 2.22. The predicted molar refractivity (Wildman–Crippen MR) is 85.5 cm³/mol. The van der Waals surface area contributed by atoms with Crippen LogP contribution < -0.4 is 11.3 Å². The molecule has 20 heavy (non-hydrogen) atoms. The van der Waals surface area contributed by atoms with Gasteiger partial charge in [-0.15, -0.1) is 0 Å². The Kier molecular flexibility index (Phi) is 4.26. The Morgan fingerprint density at radius 2 is 1.70 bits per heavy atom. The molecule has 2 aromatic carbocycles. The van der Waals surface area contributed by atoms with Crippen molar-refractivity contribution in [3.05, 3.63) is 70.8 Å². The maximum atomic E-state index is 5.85. The molecule has 0 aliphatic rings. The van der Waals surface area contributed by atoms with Crippen LogP contribution in [0.3, 0.4) is 0 Å². The second-order valence-corrected chi connectivity index (χ2v) is 6.35. The molecular weight excluding hydrogens is 244 g/mol. The molecule has 0 fully saturated rings. The normalized spacial score (nSPS) is 13.2. The maximum Gasteiger partial charge on any atom is 0.0713 e. The van der Waals surface area contributed by atoms with Crippen LogP contribution in [-0.4, -0.2) is 0 Å². The predicted octanol–water partition coefficient (Wildman–Crippen LogP) is 3.85. The van der Waals surface area contributed by atoms with Gasteiger partial charge in [0.1, 0.15) is 0 Å². The van der Waals surface area contributed by atoms with Gasteiger partial charge in [0.15, 0.2) is 0 Å². The SMILES string of the molecule is Cc1cccc(C(NN)c2ccccc2C(C)(C)C)c1. The largest absolute Gasteiger partial charge is 0.271 e. The molecule has 0 bridgehead atoms. The zero-order valence-corrected chi connectivity index (χ0v) is 12.8. The Balaban J connectivity index is 2.53. The van der Waals surface area contributed by atoms with Crippen molar-refractivity contribution in [2.75, 3.05) is 0 Å². The van der Waals surface area contributed by atoms with E-state index in [2.05, 4.69) is 81.7 Å². The summed E-state index contributed by atoms with van der Waals surface area (Å²) >= 11 is 0. The summed E-state index contributed by atoms with van der Waals surface area (Å²) in [7, 11) is 0. The molecular formula is C18H24N2. The third kappa shape index (κ3) is 3.09. The van der Waals surface area contributed by atoms with Crippen LogP contribution in [0.5, 0.6) is 0 Å². The number of nitrogens with one attached hydrogen (secondary N) is 1. The molecule has 0 aliphatic heterocycles. The van der Waals surface area contributed by atoms with Crippen molar-refractivity contribution < 1.29 is 0 Å². The molecule has 0 aromatic heterocycles. The molecule has 0 saturated carbocycles. The number of rotatable bonds is 3. The van der Waals surface area contributed by atoms with Gasteiger partial charge in [-0.05, 0) is 29.0 Å². The van der Waals surface area contributed by atoms with Crippen LogP contribution in [-0.2, 0) is 5.41 Å². The molecule has 2 nitrogen and oxygen atoms in total. The second kappa shape index (κ2) is 5.78. The lowest BCUT2D eigenvalue weighted by Crippen LogP contribution is -2.31. The highest BCUT2D eigenvalue weighted by Crippen LogP contribution is 2.32. The van der Waals surface area contributed by atoms with Gasteiger partial charge in [0, 0.05) is 0 Å². The molecule has 106 valence electrons. The highest BCUT2D eigenvalue weighted by molar-refractivity contribution is 5.41. The summed E-state index contributed by atoms with van der Waals surface area (Å²) in [6, 6.07) is 17.0. The van der Waals surface area contributed by atoms with Crippen molar-refractivity contribution in [2.24, 2.45) is 5.84 Å². The summed E-state index contributed by atoms with van der Waals surface area (Å²) in [4.78, 5) is 0. The van der Waals surface area contributed by atoms with Gasteiger partial charge >= 0.3 is 0 Å². The van der Waals surface area contributed by atoms with Gasteiger partial charge in [-0.25, -0.2) is 5.43 Å². The molecule has 3 N–H and O–H groups in total. The van der Waals surface area contributed by atoms with Gasteiger partial charge in [-0.2, -0.15) is 0 Å². The Morgan fingerprint density at radius 1 is 1.00 bits per heavy atom. The number of hydrogen-bond donors (Lipinski definition) is 2. The molecule has 2 heteroatoms. The lowest BCUT2D eigenvalue weighted by atomic mass is 9.80. The first kappa shape index (κ1) is 14.8. The summed E-state index contributed by atoms with van der Waals surface area (Å²) in [6.45, 7) is 8.80. The van der Waals surface area contributed by atoms with E-state index in [1.54, 1.807) is 0 Å². The number of aryl methyl sites for hydroxylation is 1. The van der Waals surface area contributed by atoms with Gasteiger partial charge in [0.25, 0.3) is 0 Å². The molecule has 2 rings (SSSR count). The fraction of sp³-hybridized carbons (Fsp3) is 0.333. The summed E-state index contributed by atoms with van der Waals surface area (Å²) in [5.74, 6) is 5.85. The van der Waals surface area contributed by atoms with E-state index >= 15 is 0 Å². The molecule has 1 unspecified atom stereocenters. The van der Waals surface area contributed by atoms with Gasteiger partial charge < -0.3 is 0 Å². The molecule has 0 spiro atoms. The van der Waals surface area contributed by atoms with Gasteiger partial charge in [0.05, 0.1) is 6.04 Å². The zero-order chi connectivity index (χ0) is 14.8. The maximum absolute atomic E-state index is 5.85. The third-order valence-electron chi connectivity index (χ3n) is 3.62. The Morgan fingerprint density at radius 3 is 2.30 bits per heavy atom. The Labute approximate surface area is 122 Å². The van der Waals surface area contributed by atoms with Gasteiger partial charge in [-0.3, -0.25) is 5.84 Å². The van der Waals surface area contributed by atoms with Crippen LogP contribution in [0.1, 0.15) is 49.1 Å². The highest BCUT2D eigenvalue weighted by atomic mass is 15.2. The average molecular weight is 268 g/mol. The summed E-state index contributed by atoms with van der Waals surface area (Å²) < 4.78 is 0. The molecule has 0 aliphatic carbocycles. The first-order valence-corrected chi connectivity index (χ1v) is 7.05. The zero-order valence-electron chi connectivity index (χ0n) is 12.8. The summed E-state index contributed by atoms with van der Waals surface area (Å²) in [5, 5.41) is 0. The number of hydrogen-bond acceptors (Lipinski definition) is 2. The van der Waals surface area contributed by atoms with E-state index in [4.69, 9.17) is 5.84 Å². The van der Waals surface area contributed by atoms with Crippen LogP contribution in [0.25, 0.3) is 0 Å². The summed E-state index contributed by atoms with van der Waals surface area (Å²) in [5.41, 5.74) is 8.08. The first-order chi connectivity index (χ1) is 9.43. The minimum Gasteiger partial charge on any atom is -0.271 e. The minimum atomic E-state index is 0.0188. The number of hydrazine groups is 1. The molecule has 0 saturated heterocycles. The van der Waals surface area contributed by atoms with E-state index < -0.39 is 0 Å². The quantitative estimate of drug-likeness (QED) is 0.655. The monoisotopic (exact) mass is 268 g/mol. The van der Waals surface area contributed by atoms with E-state index in [1.807, 2.05) is 0 Å². The molecule has 0 heterocycles. The molecule has 1 atom stereocenters. The van der Waals surface area contributed by atoms with Crippen molar-refractivity contribution >= 4 is 0 Å². The van der Waals surface area contributed by atoms with E-state index in [0.29, 0.717) is 0 Å². The molecule has 0 radical (unpaired) electrons. The fourth-order valence-electron chi connectivity index (χ4n) is 2.65. The van der Waals surface area contributed by atoms with Crippen molar-refractivity contribution in [3.8, 4) is 0 Å². The van der Waals surface area contributed by atoms with Crippen LogP contribution in [0.15, 0.2) is 48.5 Å². The fourth-order valence-corrected chi connectivity index (χ4v) is 2.65. The third-order valence-corrected chi connectivity index (χ3v) is 3.62. The first-order valence-electron chi connectivity index (χ1n) is 7.05. The number of benzene rings is 2. The van der Waals surface area contributed by atoms with E-state index in [9.17, 15) is 0 Å². The van der Waals surface area contributed by atoms with Gasteiger partial charge in [-0.1, -0.05) is 74.9 Å². The van der Waals surface area contributed by atoms with Crippen molar-refractivity contribution in [1.82, 2.24) is 5.43 Å². The topological polar surface area (TPSA) is 38.0 Å². The van der Waals surface area contributed by atoms with Crippen molar-refractivity contribution in [2.45, 2.75) is 39.2 Å². The number of nitrogens with two attached hydrogens (primary N) is 1. The minimum absolute atomic E-state index is 0.0188. The van der Waals surface area contributed by atoms with Gasteiger partial charge in [0.2, 0.25) is 0 Å². The summed E-state index contributed by atoms with van der Waals surface area (Å²) in [6.07, 6.45) is 0. The van der Waals surface area contributed by atoms with Crippen molar-refractivity contribution in [1.29, 1.82) is 0 Å². The smallest absolute Gasteiger partial charge is 0.0713 e. The van der Waals surface area contributed by atoms with E-state index in [1.165, 1.54) is 22.3 Å². The average Bonchev–Trinajstić information content (AvgIpc) is 2.39. The Hall–Kier alpha value is -1.64. The van der Waals surface area contributed by atoms with Crippen molar-refractivity contribution in [3.63, 3.8) is 0 Å². The van der Waals surface area contributed by atoms with E-state index in [0.717, 1.165) is 0 Å². The van der Waals surface area contributed by atoms with E-state index in [-0.39, 0.29) is 11.5 Å². The second-order valence-electron chi connectivity index (χ2n) is 6.35. The Bertz CT molecular complexity index is 582. The van der Waals surface area contributed by atoms with Crippen LogP contribution in [0, 0.1) is 6.92 Å². The van der Waals surface area contributed by atoms with Crippen LogP contribution in [0.4, 0.5) is 0 Å². The molecule has 0 amide bonds. The standard InChI is InChI=1S/C18H24N2/c1-13-8-7-9-14(12-13)17(20-19)15-10-5-6-11-16(15)18(2,3)4/h5-12,17,20H,19H2,1-4H3.